The number of hydrogen-bond donors (Lipinski definition) is 1. The lowest BCUT2D eigenvalue weighted by molar-refractivity contribution is -0.385. The summed E-state index contributed by atoms with van der Waals surface area (Å²) in [5.74, 6) is -0.894. The molecule has 2 heterocycles. The van der Waals surface area contributed by atoms with Gasteiger partial charge in [-0.2, -0.15) is 0 Å². The smallest absolute Gasteiger partial charge is 0.274 e. The molecule has 0 radical (unpaired) electrons. The minimum absolute atomic E-state index is 0.0732. The summed E-state index contributed by atoms with van der Waals surface area (Å²) < 4.78 is 10.9. The molecule has 0 spiro atoms. The standard InChI is InChI=1S/C15H17N3O6/c16-14(19)9-2-1-3-17(8-9)15(20)11-6-10(18(21)22)7-12-13(11)24-5-4-23-12/h6-7,9H,1-5,8H2,(H2,16,19). The van der Waals surface area contributed by atoms with Crippen molar-refractivity contribution in [3.05, 3.63) is 27.8 Å². The number of fused-ring (bicyclic) bond motifs is 1. The van der Waals surface area contributed by atoms with Gasteiger partial charge in [-0.1, -0.05) is 0 Å². The van der Waals surface area contributed by atoms with Crippen LogP contribution in [0.4, 0.5) is 5.69 Å². The van der Waals surface area contributed by atoms with E-state index in [4.69, 9.17) is 15.2 Å². The van der Waals surface area contributed by atoms with Crippen LogP contribution in [-0.2, 0) is 4.79 Å². The Bertz CT molecular complexity index is 705. The maximum atomic E-state index is 12.8. The summed E-state index contributed by atoms with van der Waals surface area (Å²) >= 11 is 0. The summed E-state index contributed by atoms with van der Waals surface area (Å²) in [4.78, 5) is 36.2. The fraction of sp³-hybridized carbons (Fsp3) is 0.467. The summed E-state index contributed by atoms with van der Waals surface area (Å²) in [5.41, 5.74) is 5.16. The van der Waals surface area contributed by atoms with Crippen LogP contribution in [0.2, 0.25) is 0 Å². The number of carbonyl (C=O) groups is 2. The lowest BCUT2D eigenvalue weighted by atomic mass is 9.96. The number of primary amides is 1. The van der Waals surface area contributed by atoms with Crippen molar-refractivity contribution in [3.8, 4) is 11.5 Å². The summed E-state index contributed by atoms with van der Waals surface area (Å²) in [6, 6.07) is 2.43. The number of nitrogens with two attached hydrogens (primary N) is 1. The minimum atomic E-state index is -0.586. The van der Waals surface area contributed by atoms with E-state index < -0.39 is 22.7 Å². The Balaban J connectivity index is 1.95. The van der Waals surface area contributed by atoms with Gasteiger partial charge in [0.2, 0.25) is 5.91 Å². The zero-order valence-electron chi connectivity index (χ0n) is 12.9. The summed E-state index contributed by atoms with van der Waals surface area (Å²) in [6.45, 7) is 1.18. The van der Waals surface area contributed by atoms with Crippen LogP contribution in [0.15, 0.2) is 12.1 Å². The van der Waals surface area contributed by atoms with Gasteiger partial charge in [0.25, 0.3) is 11.6 Å². The number of piperidine rings is 1. The average molecular weight is 335 g/mol. The number of benzene rings is 1. The minimum Gasteiger partial charge on any atom is -0.486 e. The Morgan fingerprint density at radius 2 is 2.04 bits per heavy atom. The maximum absolute atomic E-state index is 12.8. The number of nitrogens with zero attached hydrogens (tertiary/aromatic N) is 2. The van der Waals surface area contributed by atoms with Gasteiger partial charge < -0.3 is 20.1 Å². The molecule has 0 bridgehead atoms. The van der Waals surface area contributed by atoms with Crippen LogP contribution in [0.5, 0.6) is 11.5 Å². The molecule has 2 amide bonds. The van der Waals surface area contributed by atoms with E-state index in [1.165, 1.54) is 17.0 Å². The quantitative estimate of drug-likeness (QED) is 0.640. The number of hydrogen-bond acceptors (Lipinski definition) is 6. The molecule has 2 N–H and O–H groups in total. The molecule has 2 aliphatic heterocycles. The van der Waals surface area contributed by atoms with E-state index in [9.17, 15) is 19.7 Å². The van der Waals surface area contributed by atoms with Crippen LogP contribution < -0.4 is 15.2 Å². The highest BCUT2D eigenvalue weighted by molar-refractivity contribution is 5.99. The average Bonchev–Trinajstić information content (AvgIpc) is 2.60. The molecular formula is C15H17N3O6. The molecule has 0 aliphatic carbocycles. The van der Waals surface area contributed by atoms with E-state index in [0.717, 1.165) is 0 Å². The van der Waals surface area contributed by atoms with Crippen molar-refractivity contribution >= 4 is 17.5 Å². The third-order valence-electron chi connectivity index (χ3n) is 4.18. The number of carbonyl (C=O) groups excluding carboxylic acids is 2. The third-order valence-corrected chi connectivity index (χ3v) is 4.18. The Morgan fingerprint density at radius 1 is 1.29 bits per heavy atom. The van der Waals surface area contributed by atoms with Gasteiger partial charge in [0.05, 0.1) is 22.5 Å². The Kier molecular flexibility index (Phi) is 4.24. The van der Waals surface area contributed by atoms with Crippen molar-refractivity contribution in [1.82, 2.24) is 4.90 Å². The first kappa shape index (κ1) is 16.0. The largest absolute Gasteiger partial charge is 0.486 e. The second-order valence-corrected chi connectivity index (χ2v) is 5.77. The molecule has 0 aromatic heterocycles. The zero-order valence-corrected chi connectivity index (χ0v) is 12.9. The van der Waals surface area contributed by atoms with E-state index in [1.807, 2.05) is 0 Å². The van der Waals surface area contributed by atoms with Gasteiger partial charge in [0.1, 0.15) is 13.2 Å². The molecule has 1 unspecified atom stereocenters. The Morgan fingerprint density at radius 3 is 2.75 bits per heavy atom. The maximum Gasteiger partial charge on any atom is 0.274 e. The highest BCUT2D eigenvalue weighted by Crippen LogP contribution is 2.38. The first-order valence-corrected chi connectivity index (χ1v) is 7.64. The molecule has 1 atom stereocenters. The number of nitro groups is 1. The molecule has 1 aromatic carbocycles. The molecule has 128 valence electrons. The van der Waals surface area contributed by atoms with Crippen LogP contribution in [0.3, 0.4) is 0 Å². The zero-order chi connectivity index (χ0) is 17.3. The van der Waals surface area contributed by atoms with Gasteiger partial charge in [-0.05, 0) is 12.8 Å². The fourth-order valence-corrected chi connectivity index (χ4v) is 2.97. The number of ether oxygens (including phenoxy) is 2. The van der Waals surface area contributed by atoms with Gasteiger partial charge in [-0.25, -0.2) is 0 Å². The number of rotatable bonds is 3. The Hall–Kier alpha value is -2.84. The lowest BCUT2D eigenvalue weighted by Gasteiger charge is -2.32. The predicted octanol–water partition coefficient (Wildman–Crippen LogP) is 0.703. The molecule has 1 fully saturated rings. The molecule has 9 nitrogen and oxygen atoms in total. The lowest BCUT2D eigenvalue weighted by Crippen LogP contribution is -2.44. The van der Waals surface area contributed by atoms with Crippen molar-refractivity contribution in [2.75, 3.05) is 26.3 Å². The third kappa shape index (κ3) is 2.97. The predicted molar refractivity (Wildman–Crippen MR) is 81.9 cm³/mol. The SMILES string of the molecule is NC(=O)C1CCCN(C(=O)c2cc([N+](=O)[O-])cc3c2OCCO3)C1. The number of non-ortho nitro benzene ring substituents is 1. The van der Waals surface area contributed by atoms with Crippen LogP contribution in [0, 0.1) is 16.0 Å². The van der Waals surface area contributed by atoms with Crippen molar-refractivity contribution in [2.45, 2.75) is 12.8 Å². The second-order valence-electron chi connectivity index (χ2n) is 5.77. The van der Waals surface area contributed by atoms with E-state index in [2.05, 4.69) is 0 Å². The first-order chi connectivity index (χ1) is 11.5. The summed E-state index contributed by atoms with van der Waals surface area (Å²) in [6.07, 6.45) is 1.28. The molecule has 2 aliphatic rings. The van der Waals surface area contributed by atoms with Crippen molar-refractivity contribution in [1.29, 1.82) is 0 Å². The second kappa shape index (κ2) is 6.34. The highest BCUT2D eigenvalue weighted by atomic mass is 16.6. The van der Waals surface area contributed by atoms with E-state index >= 15 is 0 Å². The van der Waals surface area contributed by atoms with Crippen molar-refractivity contribution in [2.24, 2.45) is 11.7 Å². The van der Waals surface area contributed by atoms with E-state index in [0.29, 0.717) is 19.4 Å². The monoisotopic (exact) mass is 335 g/mol. The van der Waals surface area contributed by atoms with Crippen molar-refractivity contribution < 1.29 is 24.0 Å². The van der Waals surface area contributed by atoms with Crippen LogP contribution in [0.25, 0.3) is 0 Å². The number of likely N-dealkylation sites (tertiary alicyclic amines) is 1. The highest BCUT2D eigenvalue weighted by Gasteiger charge is 2.32. The van der Waals surface area contributed by atoms with Crippen LogP contribution in [-0.4, -0.2) is 47.9 Å². The molecule has 0 saturated carbocycles. The molecule has 24 heavy (non-hydrogen) atoms. The number of amides is 2. The van der Waals surface area contributed by atoms with Gasteiger partial charge in [0, 0.05) is 19.2 Å². The van der Waals surface area contributed by atoms with E-state index in [1.54, 1.807) is 0 Å². The van der Waals surface area contributed by atoms with Gasteiger partial charge in [0.15, 0.2) is 11.5 Å². The molecule has 3 rings (SSSR count). The molecule has 9 heteroatoms. The van der Waals surface area contributed by atoms with Crippen molar-refractivity contribution in [3.63, 3.8) is 0 Å². The fourth-order valence-electron chi connectivity index (χ4n) is 2.97. The van der Waals surface area contributed by atoms with Crippen LogP contribution >= 0.6 is 0 Å². The summed E-state index contributed by atoms with van der Waals surface area (Å²) in [5, 5.41) is 11.1. The Labute approximate surface area is 137 Å². The van der Waals surface area contributed by atoms with Gasteiger partial charge in [-0.3, -0.25) is 19.7 Å². The van der Waals surface area contributed by atoms with Crippen LogP contribution in [0.1, 0.15) is 23.2 Å². The van der Waals surface area contributed by atoms with E-state index in [-0.39, 0.29) is 42.5 Å². The normalized spacial score (nSPS) is 19.7. The molecular weight excluding hydrogens is 318 g/mol. The first-order valence-electron chi connectivity index (χ1n) is 7.64. The molecule has 1 aromatic rings. The summed E-state index contributed by atoms with van der Waals surface area (Å²) in [7, 11) is 0. The van der Waals surface area contributed by atoms with Gasteiger partial charge in [-0.15, -0.1) is 0 Å². The topological polar surface area (TPSA) is 125 Å². The number of nitro benzene ring substituents is 1. The molecule has 1 saturated heterocycles. The van der Waals surface area contributed by atoms with Gasteiger partial charge >= 0.3 is 0 Å².